The van der Waals surface area contributed by atoms with Gasteiger partial charge in [-0.1, -0.05) is 38.5 Å². The maximum atomic E-state index is 14.1. The van der Waals surface area contributed by atoms with E-state index in [1.54, 1.807) is 6.42 Å². The Morgan fingerprint density at radius 2 is 1.36 bits per heavy atom. The Bertz CT molecular complexity index is 440. The first kappa shape index (κ1) is 21.8. The van der Waals surface area contributed by atoms with Crippen molar-refractivity contribution in [2.24, 2.45) is 35.5 Å². The van der Waals surface area contributed by atoms with E-state index in [1.807, 2.05) is 6.92 Å². The molecule has 0 N–H and O–H groups in total. The van der Waals surface area contributed by atoms with Crippen LogP contribution in [0.3, 0.4) is 0 Å². The molecule has 3 fully saturated rings. The number of alkyl halides is 2. The fraction of sp³-hybridized carbons (Fsp3) is 0.864. The molecule has 0 aromatic rings. The molecular weight excluding hydrogens is 391 g/mol. The Morgan fingerprint density at radius 1 is 0.800 bits per heavy atom. The van der Waals surface area contributed by atoms with Crippen molar-refractivity contribution in [3.63, 3.8) is 0 Å². The number of hydrogen-bond donors (Lipinski definition) is 0. The van der Waals surface area contributed by atoms with Crippen LogP contribution in [0.5, 0.6) is 0 Å². The number of hydrogen-bond acceptors (Lipinski definition) is 0. The van der Waals surface area contributed by atoms with E-state index in [1.165, 1.54) is 38.5 Å². The molecule has 0 aliphatic heterocycles. The normalized spacial score (nSPS) is 45.0. The minimum atomic E-state index is -1.20. The third kappa shape index (κ3) is 6.00. The summed E-state index contributed by atoms with van der Waals surface area (Å²) in [4.78, 5) is 0. The van der Waals surface area contributed by atoms with E-state index in [4.69, 9.17) is 0 Å². The fourth-order valence-corrected chi connectivity index (χ4v) is 5.09. The number of rotatable bonds is 1. The second-order valence-electron chi connectivity index (χ2n) is 8.81. The molecule has 3 heteroatoms. The van der Waals surface area contributed by atoms with Gasteiger partial charge < -0.3 is 0 Å². The van der Waals surface area contributed by atoms with Crippen LogP contribution in [-0.2, 0) is 32.7 Å². The quantitative estimate of drug-likeness (QED) is 0.350. The van der Waals surface area contributed by atoms with Crippen LogP contribution in [-0.4, -0.2) is 12.3 Å². The Balaban J connectivity index is 0.00000225. The molecule has 0 bridgehead atoms. The van der Waals surface area contributed by atoms with Crippen LogP contribution in [0, 0.1) is 53.8 Å². The van der Waals surface area contributed by atoms with Crippen molar-refractivity contribution in [3.05, 3.63) is 6.42 Å². The minimum Gasteiger partial charge on any atom is -0.291 e. The summed E-state index contributed by atoms with van der Waals surface area (Å²) in [6, 6.07) is 0. The third-order valence-corrected chi connectivity index (χ3v) is 6.80. The molecule has 0 saturated heterocycles. The van der Waals surface area contributed by atoms with E-state index in [-0.39, 0.29) is 38.6 Å². The smallest absolute Gasteiger partial charge is 0.112 e. The van der Waals surface area contributed by atoms with Gasteiger partial charge in [-0.2, -0.15) is 5.92 Å². The molecule has 0 aromatic heterocycles. The Morgan fingerprint density at radius 3 is 1.92 bits per heavy atom. The maximum Gasteiger partial charge on any atom is 0.112 e. The Kier molecular flexibility index (Phi) is 8.88. The van der Waals surface area contributed by atoms with E-state index >= 15 is 0 Å². The molecule has 0 amide bonds. The third-order valence-electron chi connectivity index (χ3n) is 6.80. The van der Waals surface area contributed by atoms with Crippen molar-refractivity contribution >= 4 is 0 Å². The van der Waals surface area contributed by atoms with Crippen molar-refractivity contribution in [3.8, 4) is 11.8 Å². The number of halogens is 2. The van der Waals surface area contributed by atoms with Crippen molar-refractivity contribution in [1.82, 2.24) is 0 Å². The molecule has 25 heavy (non-hydrogen) atoms. The molecule has 3 saturated carbocycles. The van der Waals surface area contributed by atoms with Gasteiger partial charge in [0.1, 0.15) is 6.17 Å². The summed E-state index contributed by atoms with van der Waals surface area (Å²) < 4.78 is 28.1. The Hall–Kier alpha value is 0.524. The summed E-state index contributed by atoms with van der Waals surface area (Å²) in [5, 5.41) is 0. The van der Waals surface area contributed by atoms with Crippen LogP contribution >= 0.6 is 0 Å². The van der Waals surface area contributed by atoms with Crippen molar-refractivity contribution in [2.75, 3.05) is 0 Å². The SMILES string of the molecule is CC1[CH-]C(F)C(C#CC2CCC(C3CCC(C)CC3)CC2)C(F)C1.[Y]. The minimum absolute atomic E-state index is 0. The zero-order valence-corrected chi connectivity index (χ0v) is 18.7. The van der Waals surface area contributed by atoms with Crippen molar-refractivity contribution < 1.29 is 41.5 Å². The molecule has 4 atom stereocenters. The first-order chi connectivity index (χ1) is 11.5. The summed E-state index contributed by atoms with van der Waals surface area (Å²) in [7, 11) is 0. The van der Waals surface area contributed by atoms with Gasteiger partial charge in [0.2, 0.25) is 0 Å². The summed E-state index contributed by atoms with van der Waals surface area (Å²) >= 11 is 0. The second kappa shape index (κ2) is 10.2. The topological polar surface area (TPSA) is 0 Å². The van der Waals surface area contributed by atoms with Gasteiger partial charge in [0.25, 0.3) is 0 Å². The molecule has 0 spiro atoms. The standard InChI is InChI=1S/C22H33F2.Y/c1-15-3-8-18(9-4-15)19-10-5-17(6-11-19)7-12-20-21(23)13-16(2)14-22(20)24;/h13,15-22H,3-6,8-11,14H2,1-2H3;/q-1;. The van der Waals surface area contributed by atoms with Gasteiger partial charge in [-0.05, 0) is 68.9 Å². The molecular formula is C22H33F2Y-. The molecule has 3 aliphatic carbocycles. The van der Waals surface area contributed by atoms with E-state index in [9.17, 15) is 8.78 Å². The molecule has 3 aliphatic rings. The van der Waals surface area contributed by atoms with Crippen LogP contribution in [0.25, 0.3) is 0 Å². The summed E-state index contributed by atoms with van der Waals surface area (Å²) in [6.45, 7) is 4.26. The zero-order chi connectivity index (χ0) is 17.1. The monoisotopic (exact) mass is 424 g/mol. The van der Waals surface area contributed by atoms with Crippen molar-refractivity contribution in [2.45, 2.75) is 84.0 Å². The van der Waals surface area contributed by atoms with Gasteiger partial charge in [-0.3, -0.25) is 10.8 Å². The summed E-state index contributed by atoms with van der Waals surface area (Å²) in [6.07, 6.45) is 10.2. The predicted molar refractivity (Wildman–Crippen MR) is 95.7 cm³/mol. The average molecular weight is 424 g/mol. The molecule has 139 valence electrons. The molecule has 0 nitrogen and oxygen atoms in total. The summed E-state index contributed by atoms with van der Waals surface area (Å²) in [5.41, 5.74) is 0. The van der Waals surface area contributed by atoms with Gasteiger partial charge in [0, 0.05) is 38.6 Å². The molecule has 0 heterocycles. The van der Waals surface area contributed by atoms with E-state index < -0.39 is 18.3 Å². The van der Waals surface area contributed by atoms with E-state index in [0.29, 0.717) is 12.3 Å². The van der Waals surface area contributed by atoms with Gasteiger partial charge in [-0.25, -0.2) is 4.39 Å². The van der Waals surface area contributed by atoms with Gasteiger partial charge in [-0.15, -0.1) is 0 Å². The molecule has 3 rings (SSSR count). The largest absolute Gasteiger partial charge is 0.291 e. The van der Waals surface area contributed by atoms with E-state index in [2.05, 4.69) is 18.8 Å². The maximum absolute atomic E-state index is 14.1. The van der Waals surface area contributed by atoms with Crippen LogP contribution < -0.4 is 0 Å². The molecule has 4 unspecified atom stereocenters. The van der Waals surface area contributed by atoms with E-state index in [0.717, 1.165) is 30.6 Å². The zero-order valence-electron chi connectivity index (χ0n) is 15.9. The first-order valence-electron chi connectivity index (χ1n) is 10.2. The first-order valence-corrected chi connectivity index (χ1v) is 10.2. The van der Waals surface area contributed by atoms with Gasteiger partial charge in [0.05, 0.1) is 5.92 Å². The van der Waals surface area contributed by atoms with Crippen molar-refractivity contribution in [1.29, 1.82) is 0 Å². The Labute approximate surface area is 178 Å². The van der Waals surface area contributed by atoms with Crippen LogP contribution in [0.15, 0.2) is 0 Å². The second-order valence-corrected chi connectivity index (χ2v) is 8.81. The van der Waals surface area contributed by atoms with Crippen LogP contribution in [0.1, 0.15) is 71.6 Å². The average Bonchev–Trinajstić information content (AvgIpc) is 2.55. The van der Waals surface area contributed by atoms with Gasteiger partial charge >= 0.3 is 0 Å². The summed E-state index contributed by atoms with van der Waals surface area (Å²) in [5.74, 6) is 8.62. The molecule has 0 aromatic carbocycles. The predicted octanol–water partition coefficient (Wildman–Crippen LogP) is 6.16. The van der Waals surface area contributed by atoms with Crippen LogP contribution in [0.2, 0.25) is 0 Å². The molecule has 1 radical (unpaired) electrons. The van der Waals surface area contributed by atoms with Crippen LogP contribution in [0.4, 0.5) is 8.78 Å². The fourth-order valence-electron chi connectivity index (χ4n) is 5.09. The van der Waals surface area contributed by atoms with Gasteiger partial charge in [0.15, 0.2) is 0 Å².